The lowest BCUT2D eigenvalue weighted by Gasteiger charge is -2.22. The molecule has 7 heteroatoms. The summed E-state index contributed by atoms with van der Waals surface area (Å²) in [4.78, 5) is 21.2. The van der Waals surface area contributed by atoms with E-state index in [0.717, 1.165) is 37.6 Å². The fourth-order valence-electron chi connectivity index (χ4n) is 3.81. The second kappa shape index (κ2) is 10.1. The van der Waals surface area contributed by atoms with E-state index in [0.29, 0.717) is 36.6 Å². The van der Waals surface area contributed by atoms with E-state index in [1.807, 2.05) is 29.2 Å². The number of carbonyl (C=O) groups is 1. The highest BCUT2D eigenvalue weighted by Gasteiger charge is 2.20. The van der Waals surface area contributed by atoms with Crippen LogP contribution in [0.2, 0.25) is 5.02 Å². The van der Waals surface area contributed by atoms with Crippen molar-refractivity contribution in [2.45, 2.75) is 25.8 Å². The Hall–Kier alpha value is -2.70. The first kappa shape index (κ1) is 21.5. The summed E-state index contributed by atoms with van der Waals surface area (Å²) in [5.41, 5.74) is 1.60. The number of halogens is 2. The van der Waals surface area contributed by atoms with Gasteiger partial charge in [0.2, 0.25) is 5.91 Å². The summed E-state index contributed by atoms with van der Waals surface area (Å²) in [5, 5.41) is 0.739. The van der Waals surface area contributed by atoms with Crippen molar-refractivity contribution in [1.29, 1.82) is 0 Å². The number of benzene rings is 2. The van der Waals surface area contributed by atoms with Crippen LogP contribution in [0.5, 0.6) is 0 Å². The van der Waals surface area contributed by atoms with Crippen molar-refractivity contribution in [1.82, 2.24) is 14.8 Å². The molecule has 0 bridgehead atoms. The largest absolute Gasteiger partial charge is 0.441 e. The van der Waals surface area contributed by atoms with Crippen molar-refractivity contribution < 1.29 is 13.6 Å². The number of hydrogen-bond acceptors (Lipinski definition) is 4. The molecule has 1 aliphatic rings. The lowest BCUT2D eigenvalue weighted by molar-refractivity contribution is -0.131. The van der Waals surface area contributed by atoms with Crippen LogP contribution in [0.1, 0.15) is 24.3 Å². The molecule has 5 nitrogen and oxygen atoms in total. The van der Waals surface area contributed by atoms with Gasteiger partial charge in [-0.3, -0.25) is 9.69 Å². The molecule has 1 amide bonds. The molecule has 2 heterocycles. The van der Waals surface area contributed by atoms with Crippen LogP contribution in [0.4, 0.5) is 4.39 Å². The first-order valence-corrected chi connectivity index (χ1v) is 10.9. The Bertz CT molecular complexity index is 1020. The zero-order valence-electron chi connectivity index (χ0n) is 17.3. The molecule has 4 rings (SSSR count). The number of aromatic nitrogens is 1. The van der Waals surface area contributed by atoms with E-state index in [1.165, 1.54) is 17.8 Å². The quantitative estimate of drug-likeness (QED) is 0.551. The molecule has 0 radical (unpaired) electrons. The van der Waals surface area contributed by atoms with Gasteiger partial charge >= 0.3 is 0 Å². The number of carbonyl (C=O) groups excluding carboxylic acids is 1. The number of hydrogen-bond donors (Lipinski definition) is 0. The van der Waals surface area contributed by atoms with Gasteiger partial charge in [-0.15, -0.1) is 0 Å². The minimum atomic E-state index is -0.353. The fraction of sp³-hybridized carbons (Fsp3) is 0.333. The number of amides is 1. The zero-order chi connectivity index (χ0) is 21.6. The van der Waals surface area contributed by atoms with Gasteiger partial charge in [0.15, 0.2) is 11.7 Å². The molecule has 2 aromatic carbocycles. The molecule has 1 fully saturated rings. The molecule has 3 aromatic rings. The minimum Gasteiger partial charge on any atom is -0.441 e. The van der Waals surface area contributed by atoms with Gasteiger partial charge in [0.1, 0.15) is 5.82 Å². The van der Waals surface area contributed by atoms with Crippen LogP contribution in [0, 0.1) is 5.82 Å². The summed E-state index contributed by atoms with van der Waals surface area (Å²) in [6.45, 7) is 4.11. The van der Waals surface area contributed by atoms with Gasteiger partial charge in [0.05, 0.1) is 11.8 Å². The molecular weight excluding hydrogens is 417 g/mol. The maximum absolute atomic E-state index is 13.9. The molecule has 1 saturated heterocycles. The predicted octanol–water partition coefficient (Wildman–Crippen LogP) is 4.80. The average molecular weight is 442 g/mol. The molecule has 1 aliphatic heterocycles. The second-order valence-corrected chi connectivity index (χ2v) is 8.17. The summed E-state index contributed by atoms with van der Waals surface area (Å²) in [6.07, 6.45) is 3.18. The van der Waals surface area contributed by atoms with Crippen molar-refractivity contribution in [3.05, 3.63) is 77.0 Å². The SMILES string of the molecule is O=C(CCc1ncc(-c2ccccc2F)o1)N1CCCN(Cc2ccc(Cl)cc2)CC1. The van der Waals surface area contributed by atoms with Gasteiger partial charge in [-0.25, -0.2) is 9.37 Å². The Labute approximate surface area is 186 Å². The van der Waals surface area contributed by atoms with Gasteiger partial charge in [-0.05, 0) is 36.2 Å². The van der Waals surface area contributed by atoms with Gasteiger partial charge in [-0.1, -0.05) is 35.9 Å². The smallest absolute Gasteiger partial charge is 0.223 e. The van der Waals surface area contributed by atoms with Gasteiger partial charge < -0.3 is 9.32 Å². The average Bonchev–Trinajstić information content (AvgIpc) is 3.12. The lowest BCUT2D eigenvalue weighted by atomic mass is 10.2. The zero-order valence-corrected chi connectivity index (χ0v) is 18.0. The molecule has 0 aliphatic carbocycles. The maximum Gasteiger partial charge on any atom is 0.223 e. The summed E-state index contributed by atoms with van der Waals surface area (Å²) < 4.78 is 19.6. The Morgan fingerprint density at radius 3 is 2.68 bits per heavy atom. The van der Waals surface area contributed by atoms with Crippen LogP contribution in [0.3, 0.4) is 0 Å². The Morgan fingerprint density at radius 2 is 1.87 bits per heavy atom. The van der Waals surface area contributed by atoms with Crippen LogP contribution >= 0.6 is 11.6 Å². The van der Waals surface area contributed by atoms with Crippen molar-refractivity contribution in [3.63, 3.8) is 0 Å². The summed E-state index contributed by atoms with van der Waals surface area (Å²) in [7, 11) is 0. The second-order valence-electron chi connectivity index (χ2n) is 7.74. The molecule has 1 aromatic heterocycles. The molecule has 0 saturated carbocycles. The normalized spacial score (nSPS) is 15.1. The van der Waals surface area contributed by atoms with Crippen LogP contribution in [-0.4, -0.2) is 46.9 Å². The minimum absolute atomic E-state index is 0.0963. The first-order chi connectivity index (χ1) is 15.1. The molecule has 162 valence electrons. The number of nitrogens with zero attached hydrogens (tertiary/aromatic N) is 3. The number of aryl methyl sites for hydroxylation is 1. The summed E-state index contributed by atoms with van der Waals surface area (Å²) >= 11 is 5.96. The van der Waals surface area contributed by atoms with E-state index in [4.69, 9.17) is 16.0 Å². The van der Waals surface area contributed by atoms with Crippen molar-refractivity contribution in [3.8, 4) is 11.3 Å². The Balaban J connectivity index is 1.27. The topological polar surface area (TPSA) is 49.6 Å². The monoisotopic (exact) mass is 441 g/mol. The molecule has 0 N–H and O–H groups in total. The highest BCUT2D eigenvalue weighted by Crippen LogP contribution is 2.23. The van der Waals surface area contributed by atoms with Crippen LogP contribution in [0.25, 0.3) is 11.3 Å². The fourth-order valence-corrected chi connectivity index (χ4v) is 3.94. The Kier molecular flexibility index (Phi) is 6.99. The standard InChI is InChI=1S/C24H25ClFN3O2/c25-19-8-6-18(7-9-19)17-28-12-3-13-29(15-14-28)24(30)11-10-23-27-16-22(31-23)20-4-1-2-5-21(20)26/h1-2,4-9,16H,3,10-15,17H2. The third-order valence-electron chi connectivity index (χ3n) is 5.51. The van der Waals surface area contributed by atoms with E-state index >= 15 is 0 Å². The highest BCUT2D eigenvalue weighted by atomic mass is 35.5. The van der Waals surface area contributed by atoms with Gasteiger partial charge in [-0.2, -0.15) is 0 Å². The van der Waals surface area contributed by atoms with E-state index < -0.39 is 0 Å². The Morgan fingerprint density at radius 1 is 1.06 bits per heavy atom. The van der Waals surface area contributed by atoms with Crippen molar-refractivity contribution in [2.75, 3.05) is 26.2 Å². The molecule has 0 atom stereocenters. The molecule has 0 unspecified atom stereocenters. The van der Waals surface area contributed by atoms with Crippen LogP contribution in [-0.2, 0) is 17.8 Å². The van der Waals surface area contributed by atoms with Gasteiger partial charge in [0.25, 0.3) is 0 Å². The van der Waals surface area contributed by atoms with Crippen LogP contribution in [0.15, 0.2) is 59.1 Å². The predicted molar refractivity (Wildman–Crippen MR) is 118 cm³/mol. The van der Waals surface area contributed by atoms with E-state index in [9.17, 15) is 9.18 Å². The number of rotatable bonds is 6. The van der Waals surface area contributed by atoms with Crippen molar-refractivity contribution >= 4 is 17.5 Å². The lowest BCUT2D eigenvalue weighted by Crippen LogP contribution is -2.35. The van der Waals surface area contributed by atoms with Gasteiger partial charge in [0, 0.05) is 50.6 Å². The molecular formula is C24H25ClFN3O2. The number of oxazole rings is 1. The first-order valence-electron chi connectivity index (χ1n) is 10.5. The van der Waals surface area contributed by atoms with E-state index in [1.54, 1.807) is 18.2 Å². The molecule has 0 spiro atoms. The maximum atomic E-state index is 13.9. The summed E-state index contributed by atoms with van der Waals surface area (Å²) in [6, 6.07) is 14.3. The van der Waals surface area contributed by atoms with E-state index in [2.05, 4.69) is 9.88 Å². The third kappa shape index (κ3) is 5.71. The summed E-state index contributed by atoms with van der Waals surface area (Å²) in [5.74, 6) is 0.576. The third-order valence-corrected chi connectivity index (χ3v) is 5.76. The highest BCUT2D eigenvalue weighted by molar-refractivity contribution is 6.30. The van der Waals surface area contributed by atoms with E-state index in [-0.39, 0.29) is 11.7 Å². The van der Waals surface area contributed by atoms with Crippen LogP contribution < -0.4 is 0 Å². The van der Waals surface area contributed by atoms with Crippen molar-refractivity contribution in [2.24, 2.45) is 0 Å². The molecule has 31 heavy (non-hydrogen) atoms.